The summed E-state index contributed by atoms with van der Waals surface area (Å²) in [4.78, 5) is 0. The third-order valence-electron chi connectivity index (χ3n) is 3.40. The van der Waals surface area contributed by atoms with Crippen LogP contribution in [0.5, 0.6) is 0 Å². The fraction of sp³-hybridized carbons (Fsp3) is 0.538. The fourth-order valence-electron chi connectivity index (χ4n) is 2.32. The lowest BCUT2D eigenvalue weighted by Gasteiger charge is -2.28. The number of nitrogens with zero attached hydrogens (tertiary/aromatic N) is 1. The predicted molar refractivity (Wildman–Crippen MR) is 63.2 cm³/mol. The molecular formula is C13H16F3N2. The van der Waals surface area contributed by atoms with Crippen molar-refractivity contribution in [3.63, 3.8) is 0 Å². The third-order valence-corrected chi connectivity index (χ3v) is 3.40. The second-order valence-corrected chi connectivity index (χ2v) is 4.74. The summed E-state index contributed by atoms with van der Waals surface area (Å²) in [6.45, 7) is 2.04. The molecule has 2 unspecified atom stereocenters. The van der Waals surface area contributed by atoms with Crippen LogP contribution in [0.2, 0.25) is 0 Å². The summed E-state index contributed by atoms with van der Waals surface area (Å²) in [5.41, 5.74) is 5.93. The van der Waals surface area contributed by atoms with Crippen molar-refractivity contribution in [2.45, 2.75) is 18.5 Å². The molecule has 1 aromatic rings. The number of alkyl halides is 3. The van der Waals surface area contributed by atoms with Crippen molar-refractivity contribution in [1.29, 1.82) is 0 Å². The number of benzene rings is 1. The average molecular weight is 257 g/mol. The van der Waals surface area contributed by atoms with Crippen LogP contribution in [-0.2, 0) is 6.18 Å². The zero-order chi connectivity index (χ0) is 13.2. The first-order valence-corrected chi connectivity index (χ1v) is 6.01. The molecule has 1 saturated heterocycles. The van der Waals surface area contributed by atoms with E-state index >= 15 is 0 Å². The summed E-state index contributed by atoms with van der Waals surface area (Å²) >= 11 is 0. The molecule has 2 nitrogen and oxygen atoms in total. The molecule has 1 aliphatic heterocycles. The van der Waals surface area contributed by atoms with Crippen molar-refractivity contribution in [3.8, 4) is 0 Å². The zero-order valence-electron chi connectivity index (χ0n) is 9.95. The number of halogens is 3. The lowest BCUT2D eigenvalue weighted by molar-refractivity contribution is -0.137. The molecule has 0 aliphatic carbocycles. The summed E-state index contributed by atoms with van der Waals surface area (Å²) in [5, 5.41) is 4.36. The summed E-state index contributed by atoms with van der Waals surface area (Å²) in [6, 6.07) is 5.40. The molecule has 2 rings (SSSR count). The van der Waals surface area contributed by atoms with Gasteiger partial charge in [0.1, 0.15) is 0 Å². The van der Waals surface area contributed by atoms with Gasteiger partial charge in [0.25, 0.3) is 0 Å². The van der Waals surface area contributed by atoms with Crippen LogP contribution in [0.3, 0.4) is 0 Å². The van der Waals surface area contributed by atoms with Gasteiger partial charge in [-0.15, -0.1) is 0 Å². The highest BCUT2D eigenvalue weighted by Crippen LogP contribution is 2.32. The Morgan fingerprint density at radius 3 is 2.39 bits per heavy atom. The van der Waals surface area contributed by atoms with E-state index in [0.717, 1.165) is 30.7 Å². The van der Waals surface area contributed by atoms with Crippen LogP contribution in [0.25, 0.3) is 0 Å². The molecule has 1 fully saturated rings. The molecule has 1 radical (unpaired) electrons. The van der Waals surface area contributed by atoms with E-state index < -0.39 is 11.7 Å². The zero-order valence-corrected chi connectivity index (χ0v) is 9.95. The van der Waals surface area contributed by atoms with Gasteiger partial charge in [-0.25, -0.2) is 5.32 Å². The molecule has 0 saturated carbocycles. The van der Waals surface area contributed by atoms with E-state index in [1.54, 1.807) is 12.1 Å². The summed E-state index contributed by atoms with van der Waals surface area (Å²) in [5.74, 6) is 0.556. The van der Waals surface area contributed by atoms with E-state index in [2.05, 4.69) is 5.32 Å². The number of hydrogen-bond donors (Lipinski definition) is 1. The Morgan fingerprint density at radius 2 is 1.83 bits per heavy atom. The standard InChI is InChI=1S/C13H16F3N2/c14-13(15,16)12-3-1-10(2-4-12)11-5-9(6-17)7-18-8-11/h1-4,9,11H,5-8,17H2. The summed E-state index contributed by atoms with van der Waals surface area (Å²) < 4.78 is 37.3. The van der Waals surface area contributed by atoms with E-state index in [4.69, 9.17) is 5.73 Å². The maximum atomic E-state index is 12.4. The van der Waals surface area contributed by atoms with Crippen LogP contribution in [0.1, 0.15) is 23.5 Å². The van der Waals surface area contributed by atoms with E-state index in [1.165, 1.54) is 0 Å². The van der Waals surface area contributed by atoms with Gasteiger partial charge in [-0.1, -0.05) is 12.1 Å². The smallest absolute Gasteiger partial charge is 0.330 e. The van der Waals surface area contributed by atoms with Crippen LogP contribution in [-0.4, -0.2) is 19.6 Å². The lowest BCUT2D eigenvalue weighted by atomic mass is 9.85. The molecular weight excluding hydrogens is 241 g/mol. The van der Waals surface area contributed by atoms with Crippen LogP contribution in [0.15, 0.2) is 24.3 Å². The molecule has 2 N–H and O–H groups in total. The molecule has 99 valence electrons. The Balaban J connectivity index is 2.09. The van der Waals surface area contributed by atoms with Gasteiger partial charge in [0.05, 0.1) is 5.56 Å². The molecule has 0 bridgehead atoms. The number of rotatable bonds is 2. The Hall–Kier alpha value is -1.07. The summed E-state index contributed by atoms with van der Waals surface area (Å²) in [7, 11) is 0. The number of nitrogens with two attached hydrogens (primary N) is 1. The van der Waals surface area contributed by atoms with Crippen LogP contribution < -0.4 is 11.1 Å². The number of hydrogen-bond acceptors (Lipinski definition) is 1. The Morgan fingerprint density at radius 1 is 1.17 bits per heavy atom. The minimum absolute atomic E-state index is 0.203. The van der Waals surface area contributed by atoms with Gasteiger partial charge in [0, 0.05) is 13.1 Å². The van der Waals surface area contributed by atoms with Crippen molar-refractivity contribution in [1.82, 2.24) is 5.32 Å². The van der Waals surface area contributed by atoms with Gasteiger partial charge in [0.15, 0.2) is 0 Å². The first kappa shape index (κ1) is 13.4. The molecule has 5 heteroatoms. The highest BCUT2D eigenvalue weighted by molar-refractivity contribution is 5.27. The van der Waals surface area contributed by atoms with E-state index in [9.17, 15) is 13.2 Å². The van der Waals surface area contributed by atoms with Gasteiger partial charge < -0.3 is 5.73 Å². The third kappa shape index (κ3) is 3.03. The Labute approximate surface area is 104 Å². The molecule has 0 spiro atoms. The Bertz CT molecular complexity index is 386. The topological polar surface area (TPSA) is 40.1 Å². The van der Waals surface area contributed by atoms with Gasteiger partial charge in [-0.2, -0.15) is 13.2 Å². The van der Waals surface area contributed by atoms with Gasteiger partial charge >= 0.3 is 6.18 Å². The molecule has 18 heavy (non-hydrogen) atoms. The Kier molecular flexibility index (Phi) is 3.92. The quantitative estimate of drug-likeness (QED) is 0.868. The van der Waals surface area contributed by atoms with Crippen LogP contribution in [0, 0.1) is 5.92 Å². The maximum Gasteiger partial charge on any atom is 0.416 e. The molecule has 1 aliphatic rings. The van der Waals surface area contributed by atoms with Gasteiger partial charge in [0.2, 0.25) is 0 Å². The maximum absolute atomic E-state index is 12.4. The van der Waals surface area contributed by atoms with Gasteiger partial charge in [-0.05, 0) is 42.5 Å². The minimum Gasteiger partial charge on any atom is -0.330 e. The van der Waals surface area contributed by atoms with E-state index in [0.29, 0.717) is 19.0 Å². The van der Waals surface area contributed by atoms with Crippen molar-refractivity contribution >= 4 is 0 Å². The largest absolute Gasteiger partial charge is 0.416 e. The normalized spacial score (nSPS) is 25.1. The second-order valence-electron chi connectivity index (χ2n) is 4.74. The minimum atomic E-state index is -4.27. The van der Waals surface area contributed by atoms with Crippen molar-refractivity contribution in [2.75, 3.05) is 19.6 Å². The molecule has 1 aromatic carbocycles. The molecule has 2 atom stereocenters. The lowest BCUT2D eigenvalue weighted by Crippen LogP contribution is -2.34. The first-order valence-electron chi connectivity index (χ1n) is 6.01. The predicted octanol–water partition coefficient (Wildman–Crippen LogP) is 2.37. The van der Waals surface area contributed by atoms with Crippen molar-refractivity contribution in [2.24, 2.45) is 11.7 Å². The molecule has 0 amide bonds. The highest BCUT2D eigenvalue weighted by Gasteiger charge is 2.30. The van der Waals surface area contributed by atoms with Crippen molar-refractivity contribution < 1.29 is 13.2 Å². The van der Waals surface area contributed by atoms with E-state index in [-0.39, 0.29) is 5.92 Å². The SMILES string of the molecule is NCC1C[N]CC(c2ccc(C(F)(F)F)cc2)C1. The fourth-order valence-corrected chi connectivity index (χ4v) is 2.32. The van der Waals surface area contributed by atoms with Gasteiger partial charge in [-0.3, -0.25) is 0 Å². The van der Waals surface area contributed by atoms with E-state index in [1.807, 2.05) is 0 Å². The van der Waals surface area contributed by atoms with Crippen LogP contribution in [0.4, 0.5) is 13.2 Å². The monoisotopic (exact) mass is 257 g/mol. The summed E-state index contributed by atoms with van der Waals surface area (Å²) in [6.07, 6.45) is -3.36. The number of piperidine rings is 1. The van der Waals surface area contributed by atoms with Crippen molar-refractivity contribution in [3.05, 3.63) is 35.4 Å². The highest BCUT2D eigenvalue weighted by atomic mass is 19.4. The van der Waals surface area contributed by atoms with Crippen LogP contribution >= 0.6 is 0 Å². The second kappa shape index (κ2) is 5.28. The first-order chi connectivity index (χ1) is 8.50. The average Bonchev–Trinajstić information content (AvgIpc) is 2.38. The molecule has 1 heterocycles. The molecule has 0 aromatic heterocycles.